The molecule has 0 radical (unpaired) electrons. The minimum atomic E-state index is -0.120. The first kappa shape index (κ1) is 8.68. The van der Waals surface area contributed by atoms with E-state index in [0.717, 1.165) is 0 Å². The Labute approximate surface area is 80.3 Å². The molecule has 14 heavy (non-hydrogen) atoms. The van der Waals surface area contributed by atoms with Gasteiger partial charge in [-0.05, 0) is 13.0 Å². The van der Waals surface area contributed by atoms with Crippen LogP contribution in [0.25, 0.3) is 0 Å². The number of hydrogen-bond acceptors (Lipinski definition) is 4. The van der Waals surface area contributed by atoms with Crippen LogP contribution in [0.15, 0.2) is 29.2 Å². The van der Waals surface area contributed by atoms with Crippen LogP contribution in [0.5, 0.6) is 0 Å². The Morgan fingerprint density at radius 2 is 2.50 bits per heavy atom. The van der Waals surface area contributed by atoms with Gasteiger partial charge in [0.2, 0.25) is 5.78 Å². The second-order valence-corrected chi connectivity index (χ2v) is 2.78. The van der Waals surface area contributed by atoms with Crippen LogP contribution in [-0.2, 0) is 6.54 Å². The van der Waals surface area contributed by atoms with Gasteiger partial charge in [-0.1, -0.05) is 5.21 Å². The van der Waals surface area contributed by atoms with E-state index in [9.17, 15) is 4.79 Å². The van der Waals surface area contributed by atoms with E-state index in [1.54, 1.807) is 10.7 Å². The molecule has 0 spiro atoms. The van der Waals surface area contributed by atoms with E-state index < -0.39 is 0 Å². The molecule has 2 heterocycles. The van der Waals surface area contributed by atoms with Crippen LogP contribution >= 0.6 is 0 Å². The molecule has 0 saturated heterocycles. The maximum Gasteiger partial charge on any atom is 0.215 e. The summed E-state index contributed by atoms with van der Waals surface area (Å²) in [4.78, 5) is 11.8. The van der Waals surface area contributed by atoms with Crippen molar-refractivity contribution < 1.29 is 9.21 Å². The summed E-state index contributed by atoms with van der Waals surface area (Å²) < 4.78 is 6.39. The first-order chi connectivity index (χ1) is 6.83. The molecule has 0 aliphatic rings. The number of furan rings is 1. The molecule has 0 aliphatic carbocycles. The van der Waals surface area contributed by atoms with Crippen molar-refractivity contribution in [3.05, 3.63) is 36.0 Å². The smallest absolute Gasteiger partial charge is 0.215 e. The van der Waals surface area contributed by atoms with Gasteiger partial charge in [-0.25, -0.2) is 4.68 Å². The lowest BCUT2D eigenvalue weighted by molar-refractivity contribution is 0.102. The Bertz CT molecular complexity index is 431. The summed E-state index contributed by atoms with van der Waals surface area (Å²) in [6, 6.07) is 1.62. The van der Waals surface area contributed by atoms with Crippen LogP contribution < -0.4 is 0 Å². The molecule has 0 aromatic carbocycles. The third kappa shape index (κ3) is 1.32. The third-order valence-corrected chi connectivity index (χ3v) is 1.93. The van der Waals surface area contributed by atoms with E-state index in [2.05, 4.69) is 10.3 Å². The number of carbonyl (C=O) groups excluding carboxylic acids is 1. The highest BCUT2D eigenvalue weighted by Crippen LogP contribution is 2.08. The van der Waals surface area contributed by atoms with Gasteiger partial charge in [0.25, 0.3) is 0 Å². The first-order valence-corrected chi connectivity index (χ1v) is 4.28. The molecule has 0 atom stereocenters. The maximum absolute atomic E-state index is 11.8. The van der Waals surface area contributed by atoms with Gasteiger partial charge in [-0.2, -0.15) is 0 Å². The van der Waals surface area contributed by atoms with Crippen molar-refractivity contribution in [1.29, 1.82) is 0 Å². The average molecular weight is 191 g/mol. The van der Waals surface area contributed by atoms with E-state index in [4.69, 9.17) is 4.42 Å². The molecule has 0 amide bonds. The number of aromatic nitrogens is 3. The molecule has 0 N–H and O–H groups in total. The Kier molecular flexibility index (Phi) is 2.14. The minimum Gasteiger partial charge on any atom is -0.472 e. The van der Waals surface area contributed by atoms with Crippen LogP contribution in [0, 0.1) is 0 Å². The summed E-state index contributed by atoms with van der Waals surface area (Å²) in [5, 5.41) is 7.47. The lowest BCUT2D eigenvalue weighted by Crippen LogP contribution is -2.09. The fraction of sp³-hybridized carbons (Fsp3) is 0.222. The topological polar surface area (TPSA) is 60.9 Å². The van der Waals surface area contributed by atoms with E-state index >= 15 is 0 Å². The number of nitrogens with zero attached hydrogens (tertiary/aromatic N) is 3. The summed E-state index contributed by atoms with van der Waals surface area (Å²) >= 11 is 0. The van der Waals surface area contributed by atoms with Gasteiger partial charge in [0, 0.05) is 6.54 Å². The van der Waals surface area contributed by atoms with Crippen LogP contribution in [0.4, 0.5) is 0 Å². The van der Waals surface area contributed by atoms with Gasteiger partial charge in [0.1, 0.15) is 12.0 Å². The lowest BCUT2D eigenvalue weighted by Gasteiger charge is -1.98. The van der Waals surface area contributed by atoms with E-state index in [-0.39, 0.29) is 5.78 Å². The van der Waals surface area contributed by atoms with Gasteiger partial charge in [0.15, 0.2) is 0 Å². The van der Waals surface area contributed by atoms with E-state index in [1.807, 2.05) is 6.92 Å². The van der Waals surface area contributed by atoms with Crippen molar-refractivity contribution in [2.75, 3.05) is 0 Å². The fourth-order valence-electron chi connectivity index (χ4n) is 1.21. The van der Waals surface area contributed by atoms with Crippen LogP contribution in [0.1, 0.15) is 23.0 Å². The molecule has 2 aromatic rings. The van der Waals surface area contributed by atoms with Gasteiger partial charge in [-0.3, -0.25) is 4.79 Å². The Morgan fingerprint density at radius 3 is 3.14 bits per heavy atom. The zero-order chi connectivity index (χ0) is 9.97. The predicted octanol–water partition coefficient (Wildman–Crippen LogP) is 1.12. The molecule has 72 valence electrons. The standard InChI is InChI=1S/C9H9N3O2/c1-2-12-8(5-10-11-12)9(13)7-3-4-14-6-7/h3-6H,2H2,1H3. The van der Waals surface area contributed by atoms with Crippen molar-refractivity contribution in [3.8, 4) is 0 Å². The molecular formula is C9H9N3O2. The highest BCUT2D eigenvalue weighted by Gasteiger charge is 2.15. The van der Waals surface area contributed by atoms with Crippen molar-refractivity contribution in [2.45, 2.75) is 13.5 Å². The van der Waals surface area contributed by atoms with Crippen LogP contribution in [0.2, 0.25) is 0 Å². The van der Waals surface area contributed by atoms with Crippen molar-refractivity contribution in [2.24, 2.45) is 0 Å². The molecule has 0 saturated carbocycles. The Hall–Kier alpha value is -1.91. The summed E-state index contributed by atoms with van der Waals surface area (Å²) in [6.07, 6.45) is 4.33. The quantitative estimate of drug-likeness (QED) is 0.682. The Morgan fingerprint density at radius 1 is 1.64 bits per heavy atom. The monoisotopic (exact) mass is 191 g/mol. The molecule has 0 aliphatic heterocycles. The molecule has 2 rings (SSSR count). The SMILES string of the molecule is CCn1nncc1C(=O)c1ccoc1. The fourth-order valence-corrected chi connectivity index (χ4v) is 1.21. The van der Waals surface area contributed by atoms with Gasteiger partial charge < -0.3 is 4.42 Å². The predicted molar refractivity (Wildman–Crippen MR) is 47.8 cm³/mol. The second-order valence-electron chi connectivity index (χ2n) is 2.78. The zero-order valence-corrected chi connectivity index (χ0v) is 7.67. The number of hydrogen-bond donors (Lipinski definition) is 0. The molecule has 0 fully saturated rings. The lowest BCUT2D eigenvalue weighted by atomic mass is 10.2. The highest BCUT2D eigenvalue weighted by molar-refractivity contribution is 6.07. The van der Waals surface area contributed by atoms with E-state index in [1.165, 1.54) is 18.7 Å². The second kappa shape index (κ2) is 3.45. The zero-order valence-electron chi connectivity index (χ0n) is 7.67. The molecule has 5 heteroatoms. The van der Waals surface area contributed by atoms with Crippen molar-refractivity contribution >= 4 is 5.78 Å². The van der Waals surface area contributed by atoms with Crippen LogP contribution in [0.3, 0.4) is 0 Å². The summed E-state index contributed by atoms with van der Waals surface area (Å²) in [6.45, 7) is 2.53. The summed E-state index contributed by atoms with van der Waals surface area (Å²) in [5.74, 6) is -0.120. The molecule has 2 aromatic heterocycles. The minimum absolute atomic E-state index is 0.120. The average Bonchev–Trinajstić information content (AvgIpc) is 2.87. The molecule has 0 bridgehead atoms. The third-order valence-electron chi connectivity index (χ3n) is 1.93. The number of aryl methyl sites for hydroxylation is 1. The number of ketones is 1. The number of carbonyl (C=O) groups is 1. The van der Waals surface area contributed by atoms with Gasteiger partial charge in [-0.15, -0.1) is 5.10 Å². The van der Waals surface area contributed by atoms with Crippen molar-refractivity contribution in [1.82, 2.24) is 15.0 Å². The molecular weight excluding hydrogens is 182 g/mol. The largest absolute Gasteiger partial charge is 0.472 e. The maximum atomic E-state index is 11.8. The first-order valence-electron chi connectivity index (χ1n) is 4.28. The van der Waals surface area contributed by atoms with Crippen LogP contribution in [-0.4, -0.2) is 20.8 Å². The summed E-state index contributed by atoms with van der Waals surface area (Å²) in [7, 11) is 0. The van der Waals surface area contributed by atoms with Gasteiger partial charge >= 0.3 is 0 Å². The van der Waals surface area contributed by atoms with Crippen molar-refractivity contribution in [3.63, 3.8) is 0 Å². The highest BCUT2D eigenvalue weighted by atomic mass is 16.3. The van der Waals surface area contributed by atoms with E-state index in [0.29, 0.717) is 17.8 Å². The Balaban J connectivity index is 2.36. The number of rotatable bonds is 3. The van der Waals surface area contributed by atoms with Gasteiger partial charge in [0.05, 0.1) is 18.0 Å². The normalized spacial score (nSPS) is 10.4. The summed E-state index contributed by atoms with van der Waals surface area (Å²) in [5.41, 5.74) is 0.996. The molecule has 5 nitrogen and oxygen atoms in total. The molecule has 0 unspecified atom stereocenters.